The summed E-state index contributed by atoms with van der Waals surface area (Å²) >= 11 is 0. The van der Waals surface area contributed by atoms with E-state index in [1.807, 2.05) is 0 Å². The highest BCUT2D eigenvalue weighted by Gasteiger charge is 2.32. The summed E-state index contributed by atoms with van der Waals surface area (Å²) < 4.78 is 43.2. The lowest BCUT2D eigenvalue weighted by Crippen LogP contribution is -2.12. The molecule has 0 saturated carbocycles. The largest absolute Gasteiger partial charge is 0.468 e. The average Bonchev–Trinajstić information content (AvgIpc) is 2.85. The van der Waals surface area contributed by atoms with E-state index in [0.717, 1.165) is 12.3 Å². The SMILES string of the molecule is COC(=O)Cn1ccc(Nc2nccc(C(F)(F)F)n2)n1. The first-order valence-corrected chi connectivity index (χ1v) is 5.66. The number of anilines is 2. The summed E-state index contributed by atoms with van der Waals surface area (Å²) in [5.41, 5.74) is -1.06. The Bertz CT molecular complexity index is 641. The zero-order valence-corrected chi connectivity index (χ0v) is 10.8. The lowest BCUT2D eigenvalue weighted by Gasteiger charge is -2.07. The van der Waals surface area contributed by atoms with Gasteiger partial charge in [-0.3, -0.25) is 9.48 Å². The van der Waals surface area contributed by atoms with Crippen LogP contribution in [0, 0.1) is 0 Å². The van der Waals surface area contributed by atoms with Crippen molar-refractivity contribution in [3.8, 4) is 0 Å². The maximum atomic E-state index is 12.5. The molecule has 2 aromatic rings. The molecule has 21 heavy (non-hydrogen) atoms. The molecule has 0 spiro atoms. The number of ether oxygens (including phenoxy) is 1. The minimum absolute atomic E-state index is 0.109. The number of rotatable bonds is 4. The fourth-order valence-corrected chi connectivity index (χ4v) is 1.40. The number of methoxy groups -OCH3 is 1. The number of carbonyl (C=O) groups excluding carboxylic acids is 1. The summed E-state index contributed by atoms with van der Waals surface area (Å²) in [6.07, 6.45) is -2.10. The highest BCUT2D eigenvalue weighted by molar-refractivity contribution is 5.68. The van der Waals surface area contributed by atoms with E-state index >= 15 is 0 Å². The maximum absolute atomic E-state index is 12.5. The highest BCUT2D eigenvalue weighted by atomic mass is 19.4. The number of alkyl halides is 3. The molecule has 0 aliphatic rings. The smallest absolute Gasteiger partial charge is 0.433 e. The molecule has 0 saturated heterocycles. The zero-order chi connectivity index (χ0) is 15.5. The molecule has 0 aromatic carbocycles. The van der Waals surface area contributed by atoms with Gasteiger partial charge in [-0.25, -0.2) is 9.97 Å². The Balaban J connectivity index is 2.10. The van der Waals surface area contributed by atoms with Crippen molar-refractivity contribution >= 4 is 17.7 Å². The Morgan fingerprint density at radius 3 is 2.86 bits per heavy atom. The molecule has 0 bridgehead atoms. The van der Waals surface area contributed by atoms with Crippen LogP contribution in [-0.2, 0) is 22.3 Å². The second-order valence-corrected chi connectivity index (χ2v) is 3.86. The first-order chi connectivity index (χ1) is 9.88. The van der Waals surface area contributed by atoms with E-state index in [4.69, 9.17) is 0 Å². The van der Waals surface area contributed by atoms with Crippen molar-refractivity contribution in [1.29, 1.82) is 0 Å². The first-order valence-electron chi connectivity index (χ1n) is 5.66. The molecule has 0 unspecified atom stereocenters. The maximum Gasteiger partial charge on any atom is 0.433 e. The average molecular weight is 301 g/mol. The van der Waals surface area contributed by atoms with E-state index in [9.17, 15) is 18.0 Å². The highest BCUT2D eigenvalue weighted by Crippen LogP contribution is 2.27. The van der Waals surface area contributed by atoms with Gasteiger partial charge in [0.15, 0.2) is 5.82 Å². The van der Waals surface area contributed by atoms with Gasteiger partial charge >= 0.3 is 12.1 Å². The van der Waals surface area contributed by atoms with Gasteiger partial charge < -0.3 is 10.1 Å². The molecule has 2 heterocycles. The fraction of sp³-hybridized carbons (Fsp3) is 0.273. The van der Waals surface area contributed by atoms with Crippen LogP contribution in [0.25, 0.3) is 0 Å². The summed E-state index contributed by atoms with van der Waals surface area (Å²) in [6.45, 7) is -0.109. The Hall–Kier alpha value is -2.65. The van der Waals surface area contributed by atoms with Crippen LogP contribution < -0.4 is 5.32 Å². The molecular weight excluding hydrogens is 291 g/mol. The van der Waals surface area contributed by atoms with Gasteiger partial charge in [-0.2, -0.15) is 18.3 Å². The van der Waals surface area contributed by atoms with Crippen LogP contribution in [0.2, 0.25) is 0 Å². The molecule has 7 nitrogen and oxygen atoms in total. The lowest BCUT2D eigenvalue weighted by molar-refractivity contribution is -0.142. The van der Waals surface area contributed by atoms with Crippen molar-refractivity contribution in [3.63, 3.8) is 0 Å². The number of carbonyl (C=O) groups is 1. The normalized spacial score (nSPS) is 11.2. The molecular formula is C11H10F3N5O2. The summed E-state index contributed by atoms with van der Waals surface area (Å²) in [4.78, 5) is 18.1. The second-order valence-electron chi connectivity index (χ2n) is 3.86. The van der Waals surface area contributed by atoms with E-state index in [1.54, 1.807) is 0 Å². The van der Waals surface area contributed by atoms with Gasteiger partial charge in [0.05, 0.1) is 7.11 Å². The van der Waals surface area contributed by atoms with Crippen molar-refractivity contribution in [2.45, 2.75) is 12.7 Å². The van der Waals surface area contributed by atoms with Crippen LogP contribution in [0.15, 0.2) is 24.5 Å². The van der Waals surface area contributed by atoms with Gasteiger partial charge in [-0.05, 0) is 6.07 Å². The minimum Gasteiger partial charge on any atom is -0.468 e. The molecule has 2 rings (SSSR count). The Labute approximate surface area is 116 Å². The Kier molecular flexibility index (Phi) is 4.05. The number of aromatic nitrogens is 4. The van der Waals surface area contributed by atoms with Crippen molar-refractivity contribution in [3.05, 3.63) is 30.2 Å². The fourth-order valence-electron chi connectivity index (χ4n) is 1.40. The molecule has 1 N–H and O–H groups in total. The third kappa shape index (κ3) is 3.91. The predicted molar refractivity (Wildman–Crippen MR) is 64.6 cm³/mol. The van der Waals surface area contributed by atoms with Crippen LogP contribution in [0.3, 0.4) is 0 Å². The molecule has 0 atom stereocenters. The van der Waals surface area contributed by atoms with Crippen molar-refractivity contribution in [1.82, 2.24) is 19.7 Å². The second kappa shape index (κ2) is 5.77. The number of hydrogen-bond acceptors (Lipinski definition) is 6. The Morgan fingerprint density at radius 1 is 1.43 bits per heavy atom. The van der Waals surface area contributed by atoms with E-state index < -0.39 is 17.8 Å². The molecule has 2 aromatic heterocycles. The van der Waals surface area contributed by atoms with Crippen molar-refractivity contribution in [2.24, 2.45) is 0 Å². The Morgan fingerprint density at radius 2 is 2.19 bits per heavy atom. The van der Waals surface area contributed by atoms with Gasteiger partial charge in [-0.15, -0.1) is 0 Å². The molecule has 10 heteroatoms. The molecule has 112 valence electrons. The van der Waals surface area contributed by atoms with Crippen LogP contribution in [0.1, 0.15) is 5.69 Å². The molecule has 0 aliphatic heterocycles. The standard InChI is InChI=1S/C11H10F3N5O2/c1-21-9(20)6-19-5-3-8(18-19)17-10-15-4-2-7(16-10)11(12,13)14/h2-5H,6H2,1H3,(H,15,16,17,18). The van der Waals surface area contributed by atoms with Crippen molar-refractivity contribution < 1.29 is 22.7 Å². The number of halogens is 3. The van der Waals surface area contributed by atoms with Gasteiger partial charge in [0.1, 0.15) is 12.2 Å². The predicted octanol–water partition coefficient (Wildman–Crippen LogP) is 1.61. The third-order valence-electron chi connectivity index (χ3n) is 2.35. The van der Waals surface area contributed by atoms with Gasteiger partial charge in [0.2, 0.25) is 5.95 Å². The lowest BCUT2D eigenvalue weighted by atomic mass is 10.4. The van der Waals surface area contributed by atoms with Crippen LogP contribution in [0.4, 0.5) is 24.9 Å². The number of nitrogens with one attached hydrogen (secondary N) is 1. The van der Waals surface area contributed by atoms with Gasteiger partial charge in [0, 0.05) is 18.5 Å². The first kappa shape index (κ1) is 14.8. The van der Waals surface area contributed by atoms with Gasteiger partial charge in [0.25, 0.3) is 0 Å². The van der Waals surface area contributed by atoms with E-state index in [-0.39, 0.29) is 18.3 Å². The monoisotopic (exact) mass is 301 g/mol. The molecule has 0 radical (unpaired) electrons. The summed E-state index contributed by atoms with van der Waals surface area (Å²) in [6, 6.07) is 2.23. The van der Waals surface area contributed by atoms with Crippen LogP contribution in [0.5, 0.6) is 0 Å². The van der Waals surface area contributed by atoms with Gasteiger partial charge in [-0.1, -0.05) is 0 Å². The molecule has 0 fully saturated rings. The number of hydrogen-bond donors (Lipinski definition) is 1. The van der Waals surface area contributed by atoms with E-state index in [1.165, 1.54) is 24.1 Å². The summed E-state index contributed by atoms with van der Waals surface area (Å²) in [5, 5.41) is 6.45. The third-order valence-corrected chi connectivity index (χ3v) is 2.35. The van der Waals surface area contributed by atoms with Crippen LogP contribution >= 0.6 is 0 Å². The zero-order valence-electron chi connectivity index (χ0n) is 10.8. The minimum atomic E-state index is -4.55. The summed E-state index contributed by atoms with van der Waals surface area (Å²) in [5.74, 6) is -0.536. The quantitative estimate of drug-likeness (QED) is 0.864. The van der Waals surface area contributed by atoms with E-state index in [2.05, 4.69) is 25.1 Å². The number of esters is 1. The van der Waals surface area contributed by atoms with E-state index in [0.29, 0.717) is 0 Å². The molecule has 0 amide bonds. The van der Waals surface area contributed by atoms with Crippen molar-refractivity contribution in [2.75, 3.05) is 12.4 Å². The number of nitrogens with zero attached hydrogens (tertiary/aromatic N) is 4. The van der Waals surface area contributed by atoms with Crippen LogP contribution in [-0.4, -0.2) is 32.8 Å². The summed E-state index contributed by atoms with van der Waals surface area (Å²) in [7, 11) is 1.24. The topological polar surface area (TPSA) is 81.9 Å². The molecule has 0 aliphatic carbocycles.